The zero-order valence-electron chi connectivity index (χ0n) is 35.4. The van der Waals surface area contributed by atoms with Crippen LogP contribution in [-0.4, -0.2) is 0 Å². The topological polar surface area (TPSA) is 26.3 Å². The zero-order valence-corrected chi connectivity index (χ0v) is 35.4. The number of benzene rings is 6. The van der Waals surface area contributed by atoms with Gasteiger partial charge in [-0.2, -0.15) is 0 Å². The molecular formula is C56H50O2. The Morgan fingerprint density at radius 3 is 1.21 bits per heavy atom. The van der Waals surface area contributed by atoms with Gasteiger partial charge in [-0.25, -0.2) is 0 Å². The van der Waals surface area contributed by atoms with Crippen LogP contribution in [0, 0.1) is 0 Å². The molecule has 286 valence electrons. The van der Waals surface area contributed by atoms with Crippen molar-refractivity contribution in [2.75, 3.05) is 0 Å². The van der Waals surface area contributed by atoms with Crippen LogP contribution in [0.3, 0.4) is 0 Å². The van der Waals surface area contributed by atoms with E-state index >= 15 is 0 Å². The van der Waals surface area contributed by atoms with Crippen LogP contribution in [0.2, 0.25) is 0 Å². The lowest BCUT2D eigenvalue weighted by Crippen LogP contribution is -2.27. The number of rotatable bonds is 4. The van der Waals surface area contributed by atoms with Gasteiger partial charge in [0.25, 0.3) is 0 Å². The van der Waals surface area contributed by atoms with Crippen molar-refractivity contribution < 1.29 is 8.83 Å². The second kappa shape index (κ2) is 11.5. The van der Waals surface area contributed by atoms with Crippen LogP contribution in [0.1, 0.15) is 172 Å². The quantitative estimate of drug-likeness (QED) is 0.179. The Hall–Kier alpha value is -5.60. The van der Waals surface area contributed by atoms with Crippen molar-refractivity contribution in [3.05, 3.63) is 162 Å². The molecule has 0 spiro atoms. The fourth-order valence-corrected chi connectivity index (χ4v) is 11.7. The summed E-state index contributed by atoms with van der Waals surface area (Å²) in [5.41, 5.74) is 24.0. The molecule has 4 aliphatic carbocycles. The van der Waals surface area contributed by atoms with Crippen LogP contribution >= 0.6 is 0 Å². The average molecular weight is 755 g/mol. The monoisotopic (exact) mass is 754 g/mol. The predicted octanol–water partition coefficient (Wildman–Crippen LogP) is 14.2. The lowest BCUT2D eigenvalue weighted by atomic mass is 9.70. The van der Waals surface area contributed by atoms with Crippen molar-refractivity contribution in [2.45, 2.75) is 105 Å². The maximum atomic E-state index is 7.03. The van der Waals surface area contributed by atoms with Crippen LogP contribution in [0.25, 0.3) is 66.5 Å². The number of hydrogen-bond acceptors (Lipinski definition) is 2. The number of hydrogen-bond donors (Lipinski definition) is 0. The highest BCUT2D eigenvalue weighted by Crippen LogP contribution is 2.55. The third-order valence-electron chi connectivity index (χ3n) is 14.5. The van der Waals surface area contributed by atoms with Gasteiger partial charge < -0.3 is 8.83 Å². The fraction of sp³-hybridized carbons (Fsp3) is 0.286. The van der Waals surface area contributed by atoms with Crippen molar-refractivity contribution in [2.24, 2.45) is 0 Å². The van der Waals surface area contributed by atoms with E-state index in [1.54, 1.807) is 0 Å². The van der Waals surface area contributed by atoms with Crippen LogP contribution in [-0.2, 0) is 0 Å². The molecule has 2 aromatic heterocycles. The molecule has 0 amide bonds. The maximum Gasteiger partial charge on any atom is 0.143 e. The summed E-state index contributed by atoms with van der Waals surface area (Å²) in [6.07, 6.45) is 0. The zero-order chi connectivity index (χ0) is 39.8. The van der Waals surface area contributed by atoms with E-state index in [4.69, 9.17) is 8.83 Å². The summed E-state index contributed by atoms with van der Waals surface area (Å²) >= 11 is 0. The number of fused-ring (bicyclic) bond motifs is 17. The lowest BCUT2D eigenvalue weighted by molar-refractivity contribution is 0.631. The summed E-state index contributed by atoms with van der Waals surface area (Å²) in [7, 11) is 0. The highest BCUT2D eigenvalue weighted by atomic mass is 16.3. The Balaban J connectivity index is 1.31. The molecule has 2 unspecified atom stereocenters. The molecule has 0 radical (unpaired) electrons. The summed E-state index contributed by atoms with van der Waals surface area (Å²) in [6.45, 7) is 23.8. The summed E-state index contributed by atoms with van der Waals surface area (Å²) < 4.78 is 14.1. The minimum absolute atomic E-state index is 0.180. The standard InChI is InChI=1S/C56H50O2/c1-25(2)31-19-35(27(5)6)47-37(21-31)29(9)45-39-23-42-50-46(40(39)24-41-49(45)53(47)51-33-15-11-13-17-43(33)57-55(41)51)30(10)38-22-32(26(3)4)20-36(28(7)8)48(38)54(50)52-34-16-12-14-18-44(34)58-56(42)52/h11-30H,1-10H3. The lowest BCUT2D eigenvalue weighted by Gasteiger charge is -2.32. The van der Waals surface area contributed by atoms with Crippen molar-refractivity contribution >= 4 is 43.9 Å². The minimum atomic E-state index is 0.180. The van der Waals surface area contributed by atoms with E-state index in [1.807, 2.05) is 0 Å². The normalized spacial score (nSPS) is 17.0. The van der Waals surface area contributed by atoms with Gasteiger partial charge >= 0.3 is 0 Å². The van der Waals surface area contributed by atoms with E-state index in [0.29, 0.717) is 23.7 Å². The van der Waals surface area contributed by atoms with E-state index < -0.39 is 0 Å². The first-order valence-electron chi connectivity index (χ1n) is 21.8. The molecule has 0 saturated carbocycles. The Kier molecular flexibility index (Phi) is 6.85. The smallest absolute Gasteiger partial charge is 0.143 e. The van der Waals surface area contributed by atoms with Crippen molar-refractivity contribution in [1.29, 1.82) is 0 Å². The number of furan rings is 2. The molecule has 2 heteroatoms. The summed E-state index contributed by atoms with van der Waals surface area (Å²) in [5.74, 6) is 4.02. The van der Waals surface area contributed by atoms with Crippen molar-refractivity contribution in [3.8, 4) is 22.6 Å². The summed E-state index contributed by atoms with van der Waals surface area (Å²) in [4.78, 5) is 0. The summed E-state index contributed by atoms with van der Waals surface area (Å²) in [6, 6.07) is 32.6. The summed E-state index contributed by atoms with van der Waals surface area (Å²) in [5, 5.41) is 7.86. The second-order valence-corrected chi connectivity index (χ2v) is 19.1. The van der Waals surface area contributed by atoms with Crippen LogP contribution in [0.5, 0.6) is 0 Å². The Morgan fingerprint density at radius 1 is 0.431 bits per heavy atom. The molecule has 2 nitrogen and oxygen atoms in total. The predicted molar refractivity (Wildman–Crippen MR) is 241 cm³/mol. The van der Waals surface area contributed by atoms with E-state index in [9.17, 15) is 0 Å². The second-order valence-electron chi connectivity index (χ2n) is 19.1. The fourth-order valence-electron chi connectivity index (χ4n) is 11.7. The average Bonchev–Trinajstić information content (AvgIpc) is 3.94. The van der Waals surface area contributed by atoms with Crippen molar-refractivity contribution in [3.63, 3.8) is 0 Å². The molecule has 12 rings (SSSR count). The van der Waals surface area contributed by atoms with E-state index in [1.165, 1.54) is 121 Å². The third-order valence-corrected chi connectivity index (χ3v) is 14.5. The number of para-hydroxylation sites is 2. The van der Waals surface area contributed by atoms with E-state index in [2.05, 4.69) is 154 Å². The molecular weight excluding hydrogens is 705 g/mol. The first-order chi connectivity index (χ1) is 27.9. The Bertz CT molecular complexity index is 3090. The molecule has 0 N–H and O–H groups in total. The maximum absolute atomic E-state index is 7.03. The Morgan fingerprint density at radius 2 is 0.828 bits per heavy atom. The van der Waals surface area contributed by atoms with Crippen LogP contribution < -0.4 is 10.4 Å². The largest absolute Gasteiger partial charge is 0.455 e. The van der Waals surface area contributed by atoms with Crippen molar-refractivity contribution in [1.82, 2.24) is 0 Å². The van der Waals surface area contributed by atoms with Gasteiger partial charge in [-0.1, -0.05) is 130 Å². The SMILES string of the molecule is CC(C)c1cc(C(C)C)c2c(c1)C(C)c1c3c(cc4c5c6c(cc14)-c1oc4ccccc4c1C=6c1c(C(C)C)cc(C(C)C)cc1C5C)-c1oc4ccccc4c1C=32. The Labute approximate surface area is 340 Å². The molecule has 4 aliphatic rings. The van der Waals surface area contributed by atoms with Gasteiger partial charge in [0, 0.05) is 56.0 Å². The van der Waals surface area contributed by atoms with E-state index in [0.717, 1.165) is 22.7 Å². The molecule has 0 fully saturated rings. The van der Waals surface area contributed by atoms with Gasteiger partial charge in [0.05, 0.1) is 0 Å². The molecule has 58 heavy (non-hydrogen) atoms. The molecule has 0 saturated heterocycles. The minimum Gasteiger partial charge on any atom is -0.455 e. The van der Waals surface area contributed by atoms with Gasteiger partial charge in [0.2, 0.25) is 0 Å². The van der Waals surface area contributed by atoms with Crippen LogP contribution in [0.4, 0.5) is 0 Å². The van der Waals surface area contributed by atoms with Crippen LogP contribution in [0.15, 0.2) is 93.8 Å². The highest BCUT2D eigenvalue weighted by Gasteiger charge is 2.42. The first-order valence-corrected chi connectivity index (χ1v) is 21.8. The highest BCUT2D eigenvalue weighted by molar-refractivity contribution is 6.14. The van der Waals surface area contributed by atoms with Gasteiger partial charge in [-0.15, -0.1) is 0 Å². The molecule has 0 aliphatic heterocycles. The molecule has 6 aromatic carbocycles. The van der Waals surface area contributed by atoms with Gasteiger partial charge in [0.15, 0.2) is 0 Å². The third kappa shape index (κ3) is 4.14. The molecule has 8 aromatic rings. The van der Waals surface area contributed by atoms with Gasteiger partial charge in [-0.05, 0) is 125 Å². The first kappa shape index (κ1) is 34.4. The van der Waals surface area contributed by atoms with Gasteiger partial charge in [0.1, 0.15) is 22.7 Å². The molecule has 2 atom stereocenters. The van der Waals surface area contributed by atoms with Gasteiger partial charge in [-0.3, -0.25) is 0 Å². The molecule has 0 bridgehead atoms. The van der Waals surface area contributed by atoms with E-state index in [-0.39, 0.29) is 11.8 Å². The molecule has 2 heterocycles.